The molecule has 1 atom stereocenters. The number of fused-ring (bicyclic) bond motifs is 2. The van der Waals surface area contributed by atoms with Crippen LogP contribution in [0.4, 0.5) is 0 Å². The van der Waals surface area contributed by atoms with E-state index < -0.39 is 0 Å². The van der Waals surface area contributed by atoms with Crippen LogP contribution in [0.1, 0.15) is 34.5 Å². The van der Waals surface area contributed by atoms with Gasteiger partial charge in [-0.05, 0) is 25.1 Å². The minimum absolute atomic E-state index is 0.0192. The van der Waals surface area contributed by atoms with E-state index in [-0.39, 0.29) is 18.6 Å². The van der Waals surface area contributed by atoms with E-state index in [4.69, 9.17) is 14.2 Å². The van der Waals surface area contributed by atoms with Gasteiger partial charge in [0.25, 0.3) is 5.91 Å². The third kappa shape index (κ3) is 2.84. The number of carbonyl (C=O) groups excluding carboxylic acids is 1. The Morgan fingerprint density at radius 3 is 3.00 bits per heavy atom. The molecule has 0 aliphatic carbocycles. The van der Waals surface area contributed by atoms with Crippen molar-refractivity contribution in [3.63, 3.8) is 0 Å². The van der Waals surface area contributed by atoms with Crippen LogP contribution >= 0.6 is 0 Å². The maximum atomic E-state index is 13.0. The lowest BCUT2D eigenvalue weighted by atomic mass is 9.96. The molecule has 0 fully saturated rings. The van der Waals surface area contributed by atoms with E-state index in [2.05, 4.69) is 12.0 Å². The summed E-state index contributed by atoms with van der Waals surface area (Å²) in [6, 6.07) is 5.32. The van der Waals surface area contributed by atoms with Gasteiger partial charge < -0.3 is 19.1 Å². The van der Waals surface area contributed by atoms with Crippen molar-refractivity contribution in [3.05, 3.63) is 41.2 Å². The molecule has 1 unspecified atom stereocenters. The zero-order chi connectivity index (χ0) is 17.4. The lowest BCUT2D eigenvalue weighted by Crippen LogP contribution is -2.39. The fourth-order valence-corrected chi connectivity index (χ4v) is 3.43. The van der Waals surface area contributed by atoms with Crippen LogP contribution in [0.25, 0.3) is 0 Å². The van der Waals surface area contributed by atoms with Crippen LogP contribution in [0.2, 0.25) is 0 Å². The number of nitrogens with zero attached hydrogens (tertiary/aromatic N) is 3. The molecule has 0 N–H and O–H groups in total. The van der Waals surface area contributed by atoms with Gasteiger partial charge in [0.05, 0.1) is 12.3 Å². The number of benzene rings is 1. The smallest absolute Gasteiger partial charge is 0.254 e. The summed E-state index contributed by atoms with van der Waals surface area (Å²) in [7, 11) is 1.68. The first-order valence-electron chi connectivity index (χ1n) is 8.43. The van der Waals surface area contributed by atoms with Crippen LogP contribution in [0.5, 0.6) is 11.5 Å². The van der Waals surface area contributed by atoms with Crippen molar-refractivity contribution in [1.82, 2.24) is 14.7 Å². The van der Waals surface area contributed by atoms with Crippen LogP contribution in [0.15, 0.2) is 24.4 Å². The molecule has 7 nitrogen and oxygen atoms in total. The Labute approximate surface area is 146 Å². The fourth-order valence-electron chi connectivity index (χ4n) is 3.43. The largest absolute Gasteiger partial charge is 0.454 e. The molecule has 2 aliphatic rings. The molecule has 0 bridgehead atoms. The summed E-state index contributed by atoms with van der Waals surface area (Å²) < 4.78 is 18.0. The Hall–Kier alpha value is -2.54. The Morgan fingerprint density at radius 2 is 2.20 bits per heavy atom. The van der Waals surface area contributed by atoms with Gasteiger partial charge in [0.2, 0.25) is 6.79 Å². The van der Waals surface area contributed by atoms with Gasteiger partial charge in [0.15, 0.2) is 11.5 Å². The SMILES string of the molecule is CCn1cc2c(n1)C(COC)CN(C(=O)c1ccc3c(c1)OCO3)C2. The Balaban J connectivity index is 1.61. The minimum Gasteiger partial charge on any atom is -0.454 e. The molecular weight excluding hydrogens is 322 g/mol. The van der Waals surface area contributed by atoms with Crippen molar-refractivity contribution in [2.24, 2.45) is 0 Å². The molecule has 132 valence electrons. The van der Waals surface area contributed by atoms with Crippen molar-refractivity contribution >= 4 is 5.91 Å². The molecule has 0 spiro atoms. The summed E-state index contributed by atoms with van der Waals surface area (Å²) in [4.78, 5) is 14.8. The van der Waals surface area contributed by atoms with Gasteiger partial charge in [-0.1, -0.05) is 0 Å². The van der Waals surface area contributed by atoms with E-state index in [1.165, 1.54) is 0 Å². The maximum Gasteiger partial charge on any atom is 0.254 e. The van der Waals surface area contributed by atoms with Crippen LogP contribution < -0.4 is 9.47 Å². The molecule has 4 rings (SSSR count). The number of methoxy groups -OCH3 is 1. The molecule has 0 saturated heterocycles. The van der Waals surface area contributed by atoms with Crippen LogP contribution in [0, 0.1) is 0 Å². The van der Waals surface area contributed by atoms with Crippen LogP contribution in [-0.4, -0.2) is 47.6 Å². The highest BCUT2D eigenvalue weighted by atomic mass is 16.7. The first-order valence-corrected chi connectivity index (χ1v) is 8.43. The van der Waals surface area contributed by atoms with Gasteiger partial charge in [0.1, 0.15) is 0 Å². The summed E-state index contributed by atoms with van der Waals surface area (Å²) in [5.41, 5.74) is 2.73. The third-order valence-corrected chi connectivity index (χ3v) is 4.66. The van der Waals surface area contributed by atoms with Gasteiger partial charge >= 0.3 is 0 Å². The average molecular weight is 343 g/mol. The standard InChI is InChI=1S/C18H21N3O4/c1-3-21-9-13-7-20(8-14(10-23-2)17(13)19-21)18(22)12-4-5-15-16(6-12)25-11-24-15/h4-6,9,14H,3,7-8,10-11H2,1-2H3. The monoisotopic (exact) mass is 343 g/mol. The number of ether oxygens (including phenoxy) is 3. The molecule has 3 heterocycles. The van der Waals surface area contributed by atoms with E-state index in [9.17, 15) is 4.79 Å². The topological polar surface area (TPSA) is 65.8 Å². The fraction of sp³-hybridized carbons (Fsp3) is 0.444. The van der Waals surface area contributed by atoms with E-state index >= 15 is 0 Å². The van der Waals surface area contributed by atoms with Crippen molar-refractivity contribution in [1.29, 1.82) is 0 Å². The number of aryl methyl sites for hydroxylation is 1. The van der Waals surface area contributed by atoms with Gasteiger partial charge in [-0.3, -0.25) is 9.48 Å². The summed E-state index contributed by atoms with van der Waals surface area (Å²) >= 11 is 0. The lowest BCUT2D eigenvalue weighted by Gasteiger charge is -2.31. The molecule has 7 heteroatoms. The zero-order valence-corrected chi connectivity index (χ0v) is 14.4. The molecule has 0 saturated carbocycles. The highest BCUT2D eigenvalue weighted by Crippen LogP contribution is 2.34. The van der Waals surface area contributed by atoms with Crippen LogP contribution in [0.3, 0.4) is 0 Å². The van der Waals surface area contributed by atoms with Crippen LogP contribution in [-0.2, 0) is 17.8 Å². The number of hydrogen-bond donors (Lipinski definition) is 0. The summed E-state index contributed by atoms with van der Waals surface area (Å²) in [6.07, 6.45) is 2.02. The second-order valence-electron chi connectivity index (χ2n) is 6.30. The highest BCUT2D eigenvalue weighted by Gasteiger charge is 2.32. The third-order valence-electron chi connectivity index (χ3n) is 4.66. The predicted octanol–water partition coefficient (Wildman–Crippen LogP) is 2.02. The maximum absolute atomic E-state index is 13.0. The number of rotatable bonds is 4. The van der Waals surface area contributed by atoms with E-state index in [1.807, 2.05) is 15.8 Å². The first kappa shape index (κ1) is 16.0. The minimum atomic E-state index is -0.0192. The van der Waals surface area contributed by atoms with E-state index in [0.29, 0.717) is 36.8 Å². The molecule has 0 radical (unpaired) electrons. The number of aromatic nitrogens is 2. The average Bonchev–Trinajstić information content (AvgIpc) is 3.26. The second-order valence-corrected chi connectivity index (χ2v) is 6.30. The molecule has 1 aromatic carbocycles. The summed E-state index contributed by atoms with van der Waals surface area (Å²) in [5, 5.41) is 4.65. The van der Waals surface area contributed by atoms with Crippen molar-refractivity contribution in [2.75, 3.05) is 27.1 Å². The quantitative estimate of drug-likeness (QED) is 0.850. The lowest BCUT2D eigenvalue weighted by molar-refractivity contribution is 0.0678. The number of amides is 1. The van der Waals surface area contributed by atoms with Gasteiger partial charge in [-0.15, -0.1) is 0 Å². The first-order chi connectivity index (χ1) is 12.2. The molecule has 1 aromatic heterocycles. The summed E-state index contributed by atoms with van der Waals surface area (Å²) in [6.45, 7) is 4.75. The molecular formula is C18H21N3O4. The molecule has 2 aromatic rings. The summed E-state index contributed by atoms with van der Waals surface area (Å²) in [5.74, 6) is 1.36. The van der Waals surface area contributed by atoms with Gasteiger partial charge in [-0.2, -0.15) is 5.10 Å². The second kappa shape index (κ2) is 6.40. The molecule has 2 aliphatic heterocycles. The van der Waals surface area contributed by atoms with E-state index in [0.717, 1.165) is 17.8 Å². The molecule has 1 amide bonds. The number of carbonyl (C=O) groups is 1. The van der Waals surface area contributed by atoms with Gasteiger partial charge in [0, 0.05) is 50.0 Å². The Morgan fingerprint density at radius 1 is 1.36 bits per heavy atom. The normalized spacial score (nSPS) is 18.3. The molecule has 25 heavy (non-hydrogen) atoms. The Kier molecular flexibility index (Phi) is 4.09. The predicted molar refractivity (Wildman–Crippen MR) is 89.8 cm³/mol. The Bertz CT molecular complexity index is 802. The van der Waals surface area contributed by atoms with Gasteiger partial charge in [-0.25, -0.2) is 0 Å². The highest BCUT2D eigenvalue weighted by molar-refractivity contribution is 5.95. The van der Waals surface area contributed by atoms with Crippen molar-refractivity contribution < 1.29 is 19.0 Å². The van der Waals surface area contributed by atoms with Crippen molar-refractivity contribution in [3.8, 4) is 11.5 Å². The zero-order valence-electron chi connectivity index (χ0n) is 14.4. The number of hydrogen-bond acceptors (Lipinski definition) is 5. The van der Waals surface area contributed by atoms with E-state index in [1.54, 1.807) is 25.3 Å². The van der Waals surface area contributed by atoms with Crippen molar-refractivity contribution in [2.45, 2.75) is 25.9 Å².